The highest BCUT2D eigenvalue weighted by Gasteiger charge is 2.26. The van der Waals surface area contributed by atoms with E-state index in [9.17, 15) is 4.57 Å². The van der Waals surface area contributed by atoms with Gasteiger partial charge in [0.1, 0.15) is 0 Å². The quantitative estimate of drug-likeness (QED) is 0.476. The molecular formula is C5H14NO5P. The molecule has 0 radical (unpaired) electrons. The molecule has 0 heterocycles. The number of hydrogen-bond donors (Lipinski definition) is 3. The van der Waals surface area contributed by atoms with Crippen molar-refractivity contribution in [1.29, 1.82) is 0 Å². The molecule has 12 heavy (non-hydrogen) atoms. The van der Waals surface area contributed by atoms with Crippen molar-refractivity contribution in [2.45, 2.75) is 0 Å². The van der Waals surface area contributed by atoms with Crippen LogP contribution in [0.15, 0.2) is 0 Å². The molecular weight excluding hydrogens is 185 g/mol. The fraction of sp³-hybridized carbons (Fsp3) is 1.00. The van der Waals surface area contributed by atoms with Crippen LogP contribution in [-0.4, -0.2) is 53.2 Å². The predicted molar refractivity (Wildman–Crippen MR) is 42.6 cm³/mol. The maximum absolute atomic E-state index is 11.1. The summed E-state index contributed by atoms with van der Waals surface area (Å²) >= 11 is 0. The van der Waals surface area contributed by atoms with Crippen LogP contribution in [0.5, 0.6) is 0 Å². The predicted octanol–water partition coefficient (Wildman–Crippen LogP) is -0.980. The van der Waals surface area contributed by atoms with E-state index in [4.69, 9.17) is 15.1 Å². The molecule has 0 fully saturated rings. The van der Waals surface area contributed by atoms with Crippen LogP contribution < -0.4 is 0 Å². The largest absolute Gasteiger partial charge is 0.405 e. The Balaban J connectivity index is 4.17. The second kappa shape index (κ2) is 5.64. The van der Waals surface area contributed by atoms with Crippen LogP contribution in [0, 0.1) is 0 Å². The van der Waals surface area contributed by atoms with Gasteiger partial charge in [-0.15, -0.1) is 0 Å². The zero-order chi connectivity index (χ0) is 9.61. The number of aliphatic hydroxyl groups excluding tert-OH is 2. The third kappa shape index (κ3) is 3.62. The zero-order valence-corrected chi connectivity index (χ0v) is 7.78. The standard InChI is InChI=1S/C5H14NO5P/c1-11-12(9,10)6(2-4-7)3-5-8/h7-8H,2-5H2,1H3,(H,9,10). The van der Waals surface area contributed by atoms with Gasteiger partial charge in [0, 0.05) is 20.2 Å². The summed E-state index contributed by atoms with van der Waals surface area (Å²) in [5.41, 5.74) is 0. The van der Waals surface area contributed by atoms with E-state index in [1.54, 1.807) is 0 Å². The van der Waals surface area contributed by atoms with Crippen LogP contribution in [-0.2, 0) is 9.09 Å². The first-order chi connectivity index (χ1) is 5.58. The van der Waals surface area contributed by atoms with E-state index >= 15 is 0 Å². The molecule has 0 aliphatic rings. The maximum Gasteiger partial charge on any atom is 0.405 e. The summed E-state index contributed by atoms with van der Waals surface area (Å²) in [7, 11) is -2.70. The Morgan fingerprint density at radius 1 is 1.33 bits per heavy atom. The molecule has 0 aromatic heterocycles. The molecule has 3 N–H and O–H groups in total. The number of aliphatic hydroxyl groups is 2. The second-order valence-corrected chi connectivity index (χ2v) is 3.99. The van der Waals surface area contributed by atoms with Crippen LogP contribution in [0.2, 0.25) is 0 Å². The highest BCUT2D eigenvalue weighted by Crippen LogP contribution is 2.44. The molecule has 0 saturated heterocycles. The van der Waals surface area contributed by atoms with Crippen molar-refractivity contribution in [3.8, 4) is 0 Å². The molecule has 6 nitrogen and oxygen atoms in total. The lowest BCUT2D eigenvalue weighted by molar-refractivity contribution is 0.174. The van der Waals surface area contributed by atoms with E-state index in [1.807, 2.05) is 0 Å². The minimum absolute atomic E-state index is 0.00216. The maximum atomic E-state index is 11.1. The summed E-state index contributed by atoms with van der Waals surface area (Å²) in [5, 5.41) is 17.0. The van der Waals surface area contributed by atoms with Crippen molar-refractivity contribution in [3.63, 3.8) is 0 Å². The summed E-state index contributed by atoms with van der Waals surface area (Å²) in [4.78, 5) is 9.08. The van der Waals surface area contributed by atoms with E-state index in [2.05, 4.69) is 4.52 Å². The number of rotatable bonds is 6. The molecule has 0 spiro atoms. The Morgan fingerprint density at radius 3 is 2.00 bits per heavy atom. The molecule has 0 aliphatic carbocycles. The third-order valence-electron chi connectivity index (χ3n) is 1.31. The van der Waals surface area contributed by atoms with E-state index in [-0.39, 0.29) is 26.3 Å². The summed E-state index contributed by atoms with van der Waals surface area (Å²) < 4.78 is 16.4. The Hall–Kier alpha value is 0.0300. The average molecular weight is 199 g/mol. The summed E-state index contributed by atoms with van der Waals surface area (Å²) in [5.74, 6) is 0. The van der Waals surface area contributed by atoms with Crippen molar-refractivity contribution in [3.05, 3.63) is 0 Å². The van der Waals surface area contributed by atoms with Crippen molar-refractivity contribution >= 4 is 7.75 Å². The van der Waals surface area contributed by atoms with Crippen LogP contribution in [0.4, 0.5) is 0 Å². The van der Waals surface area contributed by atoms with Gasteiger partial charge < -0.3 is 19.6 Å². The van der Waals surface area contributed by atoms with E-state index in [0.29, 0.717) is 0 Å². The molecule has 7 heteroatoms. The summed E-state index contributed by atoms with van der Waals surface area (Å²) in [6.45, 7) is -0.508. The molecule has 0 bridgehead atoms. The van der Waals surface area contributed by atoms with Gasteiger partial charge in [-0.3, -0.25) is 0 Å². The van der Waals surface area contributed by atoms with Crippen LogP contribution in [0.3, 0.4) is 0 Å². The average Bonchev–Trinajstić information content (AvgIpc) is 2.04. The monoisotopic (exact) mass is 199 g/mol. The van der Waals surface area contributed by atoms with Crippen LogP contribution in [0.1, 0.15) is 0 Å². The molecule has 74 valence electrons. The minimum atomic E-state index is -3.80. The normalized spacial score (nSPS) is 16.4. The van der Waals surface area contributed by atoms with Gasteiger partial charge >= 0.3 is 7.75 Å². The fourth-order valence-electron chi connectivity index (χ4n) is 0.711. The van der Waals surface area contributed by atoms with Gasteiger partial charge in [0.25, 0.3) is 0 Å². The van der Waals surface area contributed by atoms with Gasteiger partial charge in [0.05, 0.1) is 13.2 Å². The van der Waals surface area contributed by atoms with Crippen molar-refractivity contribution in [2.24, 2.45) is 0 Å². The van der Waals surface area contributed by atoms with Crippen LogP contribution in [0.25, 0.3) is 0 Å². The van der Waals surface area contributed by atoms with Gasteiger partial charge in [-0.2, -0.15) is 0 Å². The summed E-state index contributed by atoms with van der Waals surface area (Å²) in [6, 6.07) is 0. The minimum Gasteiger partial charge on any atom is -0.395 e. The molecule has 0 aliphatic heterocycles. The van der Waals surface area contributed by atoms with Crippen molar-refractivity contribution in [2.75, 3.05) is 33.4 Å². The Kier molecular flexibility index (Phi) is 5.65. The van der Waals surface area contributed by atoms with Gasteiger partial charge in [-0.1, -0.05) is 0 Å². The second-order valence-electron chi connectivity index (χ2n) is 2.07. The Bertz CT molecular complexity index is 158. The van der Waals surface area contributed by atoms with E-state index in [0.717, 1.165) is 11.8 Å². The van der Waals surface area contributed by atoms with Gasteiger partial charge in [0.2, 0.25) is 0 Å². The molecule has 1 atom stereocenters. The van der Waals surface area contributed by atoms with E-state index in [1.165, 1.54) is 0 Å². The van der Waals surface area contributed by atoms with Crippen molar-refractivity contribution in [1.82, 2.24) is 4.67 Å². The molecule has 0 amide bonds. The summed E-state index contributed by atoms with van der Waals surface area (Å²) in [6.07, 6.45) is 0. The molecule has 0 rings (SSSR count). The topological polar surface area (TPSA) is 90.2 Å². The highest BCUT2D eigenvalue weighted by atomic mass is 31.2. The molecule has 0 aromatic carbocycles. The zero-order valence-electron chi connectivity index (χ0n) is 6.88. The SMILES string of the molecule is COP(=O)(O)N(CCO)CCO. The molecule has 0 saturated carbocycles. The first kappa shape index (κ1) is 12.0. The fourth-order valence-corrected chi connectivity index (χ4v) is 1.63. The number of nitrogens with zero attached hydrogens (tertiary/aromatic N) is 1. The van der Waals surface area contributed by atoms with Crippen LogP contribution >= 0.6 is 7.75 Å². The lowest BCUT2D eigenvalue weighted by atomic mass is 10.6. The Labute approximate surface area is 71.0 Å². The van der Waals surface area contributed by atoms with Gasteiger partial charge in [0.15, 0.2) is 0 Å². The van der Waals surface area contributed by atoms with E-state index < -0.39 is 7.75 Å². The Morgan fingerprint density at radius 2 is 1.75 bits per heavy atom. The lowest BCUT2D eigenvalue weighted by Crippen LogP contribution is -2.27. The van der Waals surface area contributed by atoms with Crippen molar-refractivity contribution < 1.29 is 24.2 Å². The molecule has 1 unspecified atom stereocenters. The van der Waals surface area contributed by atoms with Gasteiger partial charge in [-0.25, -0.2) is 9.24 Å². The third-order valence-corrected chi connectivity index (χ3v) is 2.90. The lowest BCUT2D eigenvalue weighted by Gasteiger charge is -2.23. The first-order valence-corrected chi connectivity index (χ1v) is 4.97. The first-order valence-electron chi connectivity index (χ1n) is 3.44. The highest BCUT2D eigenvalue weighted by molar-refractivity contribution is 7.50. The van der Waals surface area contributed by atoms with Gasteiger partial charge in [-0.05, 0) is 0 Å². The smallest absolute Gasteiger partial charge is 0.395 e. The number of hydrogen-bond acceptors (Lipinski definition) is 4. The molecule has 0 aromatic rings.